The second-order valence-corrected chi connectivity index (χ2v) is 7.30. The van der Waals surface area contributed by atoms with Crippen molar-refractivity contribution >= 4 is 57.9 Å². The molecule has 0 fully saturated rings. The minimum Gasteiger partial charge on any atom is -0.496 e. The summed E-state index contributed by atoms with van der Waals surface area (Å²) in [4.78, 5) is 12.2. The number of carbonyl (C=O) groups is 1. The van der Waals surface area contributed by atoms with Crippen LogP contribution in [0.2, 0.25) is 10.0 Å². The fourth-order valence-corrected chi connectivity index (χ4v) is 3.23. The van der Waals surface area contributed by atoms with Gasteiger partial charge in [-0.05, 0) is 65.1 Å². The topological polar surface area (TPSA) is 63.8 Å². The molecule has 1 amide bonds. The number of hydrogen-bond donors (Lipinski definition) is 1. The van der Waals surface area contributed by atoms with E-state index in [1.54, 1.807) is 55.6 Å². The summed E-state index contributed by atoms with van der Waals surface area (Å²) in [5.74, 6) is 1.28. The van der Waals surface area contributed by atoms with Gasteiger partial charge in [0, 0.05) is 11.1 Å². The maximum atomic E-state index is 12.2. The first kappa shape index (κ1) is 19.7. The number of furan rings is 1. The van der Waals surface area contributed by atoms with Crippen LogP contribution in [0.25, 0.3) is 11.3 Å². The summed E-state index contributed by atoms with van der Waals surface area (Å²) < 4.78 is 11.8. The van der Waals surface area contributed by atoms with Crippen LogP contribution < -0.4 is 10.2 Å². The van der Waals surface area contributed by atoms with Gasteiger partial charge >= 0.3 is 0 Å². The molecule has 8 heteroatoms. The summed E-state index contributed by atoms with van der Waals surface area (Å²) in [7, 11) is 1.55. The van der Waals surface area contributed by atoms with Crippen molar-refractivity contribution in [3.63, 3.8) is 0 Å². The molecule has 2 aromatic carbocycles. The Kier molecular flexibility index (Phi) is 6.41. The van der Waals surface area contributed by atoms with Gasteiger partial charge < -0.3 is 9.15 Å². The molecule has 0 aliphatic carbocycles. The van der Waals surface area contributed by atoms with Crippen molar-refractivity contribution in [2.75, 3.05) is 7.11 Å². The van der Waals surface area contributed by atoms with Crippen molar-refractivity contribution in [2.45, 2.75) is 0 Å². The third-order valence-electron chi connectivity index (χ3n) is 3.62. The Bertz CT molecular complexity index is 1020. The van der Waals surface area contributed by atoms with E-state index in [9.17, 15) is 4.79 Å². The summed E-state index contributed by atoms with van der Waals surface area (Å²) in [6, 6.07) is 13.9. The molecule has 1 aromatic heterocycles. The maximum Gasteiger partial charge on any atom is 0.271 e. The van der Waals surface area contributed by atoms with E-state index >= 15 is 0 Å². The molecule has 1 N–H and O–H groups in total. The second kappa shape index (κ2) is 8.77. The number of nitrogens with zero attached hydrogens (tertiary/aromatic N) is 1. The van der Waals surface area contributed by atoms with Crippen molar-refractivity contribution in [2.24, 2.45) is 5.10 Å². The predicted molar refractivity (Wildman–Crippen MR) is 115 cm³/mol. The fourth-order valence-electron chi connectivity index (χ4n) is 2.28. The third-order valence-corrected chi connectivity index (χ3v) is 5.33. The molecule has 0 aliphatic heterocycles. The molecule has 3 aromatic rings. The van der Waals surface area contributed by atoms with Gasteiger partial charge in [0.2, 0.25) is 0 Å². The molecular formula is C19H13Cl2IN2O3. The molecule has 0 saturated heterocycles. The van der Waals surface area contributed by atoms with Gasteiger partial charge in [0.05, 0.1) is 26.9 Å². The highest BCUT2D eigenvalue weighted by Gasteiger charge is 2.11. The monoisotopic (exact) mass is 514 g/mol. The van der Waals surface area contributed by atoms with Gasteiger partial charge in [0.15, 0.2) is 0 Å². The average Bonchev–Trinajstić information content (AvgIpc) is 3.13. The van der Waals surface area contributed by atoms with Gasteiger partial charge in [0.25, 0.3) is 5.91 Å². The van der Waals surface area contributed by atoms with E-state index in [0.29, 0.717) is 38.4 Å². The lowest BCUT2D eigenvalue weighted by Crippen LogP contribution is -2.17. The highest BCUT2D eigenvalue weighted by Crippen LogP contribution is 2.34. The van der Waals surface area contributed by atoms with Crippen molar-refractivity contribution < 1.29 is 13.9 Å². The van der Waals surface area contributed by atoms with E-state index in [1.165, 1.54) is 6.21 Å². The van der Waals surface area contributed by atoms with Crippen LogP contribution >= 0.6 is 45.8 Å². The second-order valence-electron chi connectivity index (χ2n) is 5.35. The van der Waals surface area contributed by atoms with Crippen LogP contribution in [0.1, 0.15) is 16.1 Å². The number of nitrogens with one attached hydrogen (secondary N) is 1. The number of carbonyl (C=O) groups excluding carboxylic acids is 1. The Hall–Kier alpha value is -2.03. The molecule has 0 saturated carbocycles. The fraction of sp³-hybridized carbons (Fsp3) is 0.0526. The Morgan fingerprint density at radius 3 is 2.81 bits per heavy atom. The molecule has 0 bridgehead atoms. The van der Waals surface area contributed by atoms with E-state index in [1.807, 2.05) is 0 Å². The smallest absolute Gasteiger partial charge is 0.271 e. The molecule has 0 radical (unpaired) electrons. The van der Waals surface area contributed by atoms with Crippen LogP contribution in [0.15, 0.2) is 58.0 Å². The molecule has 5 nitrogen and oxygen atoms in total. The summed E-state index contributed by atoms with van der Waals surface area (Å²) in [6.45, 7) is 0. The zero-order chi connectivity index (χ0) is 19.4. The number of methoxy groups -OCH3 is 1. The number of hydrazone groups is 1. The van der Waals surface area contributed by atoms with Gasteiger partial charge in [-0.25, -0.2) is 5.43 Å². The molecule has 1 heterocycles. The predicted octanol–water partition coefficient (Wildman–Crippen LogP) is 5.63. The Labute approximate surface area is 179 Å². The van der Waals surface area contributed by atoms with Crippen LogP contribution in [0.4, 0.5) is 0 Å². The highest BCUT2D eigenvalue weighted by molar-refractivity contribution is 14.1. The molecule has 27 heavy (non-hydrogen) atoms. The molecule has 138 valence electrons. The quantitative estimate of drug-likeness (QED) is 0.272. The van der Waals surface area contributed by atoms with Crippen molar-refractivity contribution in [3.8, 4) is 17.1 Å². The molecular weight excluding hydrogens is 502 g/mol. The SMILES string of the molecule is COc1cc(C(=O)N/N=C/c2ccc(-c3cccc(Cl)c3Cl)o2)ccc1I. The standard InChI is InChI=1S/C19H13Cl2IN2O3/c1-26-17-9-11(5-7-15(17)22)19(25)24-23-10-12-6-8-16(27-12)13-3-2-4-14(20)18(13)21/h2-10H,1H3,(H,24,25)/b23-10+. The maximum absolute atomic E-state index is 12.2. The molecule has 0 atom stereocenters. The number of rotatable bonds is 5. The van der Waals surface area contributed by atoms with Crippen LogP contribution in [0, 0.1) is 3.57 Å². The first-order valence-corrected chi connectivity index (χ1v) is 9.54. The van der Waals surface area contributed by atoms with Gasteiger partial charge in [-0.15, -0.1) is 0 Å². The number of amides is 1. The third kappa shape index (κ3) is 4.63. The lowest BCUT2D eigenvalue weighted by atomic mass is 10.2. The summed E-state index contributed by atoms with van der Waals surface area (Å²) in [5.41, 5.74) is 3.57. The van der Waals surface area contributed by atoms with Crippen molar-refractivity contribution in [1.82, 2.24) is 5.43 Å². The number of halogens is 3. The minimum absolute atomic E-state index is 0.356. The summed E-state index contributed by atoms with van der Waals surface area (Å²) in [6.07, 6.45) is 1.41. The van der Waals surface area contributed by atoms with E-state index < -0.39 is 0 Å². The number of ether oxygens (including phenoxy) is 1. The van der Waals surface area contributed by atoms with E-state index in [0.717, 1.165) is 3.57 Å². The summed E-state index contributed by atoms with van der Waals surface area (Å²) >= 11 is 14.3. The Balaban J connectivity index is 1.69. The Morgan fingerprint density at radius 2 is 2.04 bits per heavy atom. The minimum atomic E-state index is -0.356. The molecule has 0 unspecified atom stereocenters. The van der Waals surface area contributed by atoms with Gasteiger partial charge in [-0.1, -0.05) is 29.3 Å². The Morgan fingerprint density at radius 1 is 1.22 bits per heavy atom. The van der Waals surface area contributed by atoms with E-state index in [2.05, 4.69) is 33.1 Å². The first-order chi connectivity index (χ1) is 13.0. The zero-order valence-corrected chi connectivity index (χ0v) is 17.7. The van der Waals surface area contributed by atoms with Crippen LogP contribution in [-0.2, 0) is 0 Å². The summed E-state index contributed by atoms with van der Waals surface area (Å²) in [5, 5.41) is 4.78. The number of benzene rings is 2. The molecule has 3 rings (SSSR count). The van der Waals surface area contributed by atoms with Crippen molar-refractivity contribution in [1.29, 1.82) is 0 Å². The largest absolute Gasteiger partial charge is 0.496 e. The first-order valence-electron chi connectivity index (χ1n) is 7.70. The van der Waals surface area contributed by atoms with E-state index in [-0.39, 0.29) is 5.91 Å². The zero-order valence-electron chi connectivity index (χ0n) is 14.0. The highest BCUT2D eigenvalue weighted by atomic mass is 127. The average molecular weight is 515 g/mol. The van der Waals surface area contributed by atoms with Gasteiger partial charge in [-0.3, -0.25) is 4.79 Å². The van der Waals surface area contributed by atoms with Crippen LogP contribution in [0.3, 0.4) is 0 Å². The normalized spacial score (nSPS) is 11.0. The van der Waals surface area contributed by atoms with Crippen molar-refractivity contribution in [3.05, 3.63) is 73.5 Å². The molecule has 0 spiro atoms. The van der Waals surface area contributed by atoms with Crippen LogP contribution in [0.5, 0.6) is 5.75 Å². The lowest BCUT2D eigenvalue weighted by Gasteiger charge is -2.05. The van der Waals surface area contributed by atoms with Crippen LogP contribution in [-0.4, -0.2) is 19.2 Å². The van der Waals surface area contributed by atoms with Gasteiger partial charge in [-0.2, -0.15) is 5.10 Å². The molecule has 0 aliphatic rings. The van der Waals surface area contributed by atoms with E-state index in [4.69, 9.17) is 32.4 Å². The lowest BCUT2D eigenvalue weighted by molar-refractivity contribution is 0.0954. The number of hydrogen-bond acceptors (Lipinski definition) is 4. The van der Waals surface area contributed by atoms with Gasteiger partial charge in [0.1, 0.15) is 17.3 Å².